The fourth-order valence-electron chi connectivity index (χ4n) is 2.08. The van der Waals surface area contributed by atoms with Gasteiger partial charge >= 0.3 is 0 Å². The SMILES string of the molecule is Cc1cc(C(=O)NCC(=O)Nc2ccc(F)c(F)c2F)ccc1[N+](=O)[O-]. The lowest BCUT2D eigenvalue weighted by Gasteiger charge is -2.09. The molecule has 0 radical (unpaired) electrons. The summed E-state index contributed by atoms with van der Waals surface area (Å²) in [5, 5.41) is 15.0. The standard InChI is InChI=1S/C16H12F3N3O4/c1-8-6-9(2-5-12(8)22(25)26)16(24)20-7-13(23)21-11-4-3-10(17)14(18)15(11)19/h2-6H,7H2,1H3,(H,20,24)(H,21,23). The number of carbonyl (C=O) groups is 2. The van der Waals surface area contributed by atoms with Crippen molar-refractivity contribution in [1.29, 1.82) is 0 Å². The van der Waals surface area contributed by atoms with Gasteiger partial charge in [-0.25, -0.2) is 13.2 Å². The molecule has 7 nitrogen and oxygen atoms in total. The average Bonchev–Trinajstić information content (AvgIpc) is 2.59. The van der Waals surface area contributed by atoms with Crippen LogP contribution in [0, 0.1) is 34.5 Å². The zero-order valence-electron chi connectivity index (χ0n) is 13.3. The van der Waals surface area contributed by atoms with Crippen LogP contribution in [-0.2, 0) is 4.79 Å². The number of nitro groups is 1. The molecule has 2 amide bonds. The zero-order valence-corrected chi connectivity index (χ0v) is 13.3. The fraction of sp³-hybridized carbons (Fsp3) is 0.125. The summed E-state index contributed by atoms with van der Waals surface area (Å²) in [6, 6.07) is 5.13. The van der Waals surface area contributed by atoms with Gasteiger partial charge in [0.2, 0.25) is 5.91 Å². The van der Waals surface area contributed by atoms with Crippen molar-refractivity contribution in [2.24, 2.45) is 0 Å². The van der Waals surface area contributed by atoms with Gasteiger partial charge in [-0.2, -0.15) is 0 Å². The molecule has 2 N–H and O–H groups in total. The van der Waals surface area contributed by atoms with Crippen LogP contribution in [0.4, 0.5) is 24.5 Å². The molecular formula is C16H12F3N3O4. The van der Waals surface area contributed by atoms with Gasteiger partial charge < -0.3 is 10.6 Å². The molecule has 26 heavy (non-hydrogen) atoms. The van der Waals surface area contributed by atoms with Crippen molar-refractivity contribution in [3.63, 3.8) is 0 Å². The van der Waals surface area contributed by atoms with E-state index in [2.05, 4.69) is 5.32 Å². The number of rotatable bonds is 5. The van der Waals surface area contributed by atoms with E-state index in [4.69, 9.17) is 0 Å². The molecule has 0 aliphatic rings. The minimum Gasteiger partial charge on any atom is -0.343 e. The Morgan fingerprint density at radius 2 is 1.81 bits per heavy atom. The molecule has 0 bridgehead atoms. The molecule has 0 aromatic heterocycles. The number of hydrogen-bond donors (Lipinski definition) is 2. The lowest BCUT2D eigenvalue weighted by atomic mass is 10.1. The first-order valence-electron chi connectivity index (χ1n) is 7.17. The van der Waals surface area contributed by atoms with Gasteiger partial charge in [0.25, 0.3) is 11.6 Å². The summed E-state index contributed by atoms with van der Waals surface area (Å²) >= 11 is 0. The molecule has 0 heterocycles. The summed E-state index contributed by atoms with van der Waals surface area (Å²) in [6.07, 6.45) is 0. The molecule has 10 heteroatoms. The van der Waals surface area contributed by atoms with E-state index in [1.807, 2.05) is 5.32 Å². The number of aryl methyl sites for hydroxylation is 1. The highest BCUT2D eigenvalue weighted by Gasteiger charge is 2.17. The van der Waals surface area contributed by atoms with Crippen LogP contribution in [-0.4, -0.2) is 23.3 Å². The molecule has 0 aliphatic heterocycles. The molecular weight excluding hydrogens is 355 g/mol. The van der Waals surface area contributed by atoms with E-state index in [1.54, 1.807) is 0 Å². The van der Waals surface area contributed by atoms with Crippen LogP contribution in [0.2, 0.25) is 0 Å². The maximum Gasteiger partial charge on any atom is 0.272 e. The number of benzene rings is 2. The lowest BCUT2D eigenvalue weighted by Crippen LogP contribution is -2.33. The minimum atomic E-state index is -1.73. The molecule has 0 saturated heterocycles. The van der Waals surface area contributed by atoms with Crippen LogP contribution >= 0.6 is 0 Å². The minimum absolute atomic E-state index is 0.0832. The van der Waals surface area contributed by atoms with E-state index in [0.29, 0.717) is 6.07 Å². The van der Waals surface area contributed by atoms with Crippen LogP contribution in [0.1, 0.15) is 15.9 Å². The van der Waals surface area contributed by atoms with E-state index in [1.165, 1.54) is 19.1 Å². The molecule has 0 fully saturated rings. The van der Waals surface area contributed by atoms with Gasteiger partial charge in [0.15, 0.2) is 17.5 Å². The second kappa shape index (κ2) is 7.64. The first kappa shape index (κ1) is 18.9. The van der Waals surface area contributed by atoms with Crippen molar-refractivity contribution in [3.8, 4) is 0 Å². The van der Waals surface area contributed by atoms with Gasteiger partial charge in [-0.3, -0.25) is 19.7 Å². The van der Waals surface area contributed by atoms with Crippen LogP contribution in [0.3, 0.4) is 0 Å². The Kier molecular flexibility index (Phi) is 5.55. The van der Waals surface area contributed by atoms with Crippen LogP contribution in [0.5, 0.6) is 0 Å². The first-order chi connectivity index (χ1) is 12.2. The maximum absolute atomic E-state index is 13.5. The highest BCUT2D eigenvalue weighted by molar-refractivity contribution is 5.99. The second-order valence-corrected chi connectivity index (χ2v) is 5.21. The van der Waals surface area contributed by atoms with Gasteiger partial charge in [-0.15, -0.1) is 0 Å². The summed E-state index contributed by atoms with van der Waals surface area (Å²) in [6.45, 7) is 0.876. The molecule has 2 aromatic rings. The van der Waals surface area contributed by atoms with E-state index in [-0.39, 0.29) is 16.8 Å². The molecule has 0 spiro atoms. The molecule has 0 unspecified atom stereocenters. The number of hydrogen-bond acceptors (Lipinski definition) is 4. The van der Waals surface area contributed by atoms with Crippen molar-refractivity contribution < 1.29 is 27.7 Å². The molecule has 2 aromatic carbocycles. The smallest absolute Gasteiger partial charge is 0.272 e. The quantitative estimate of drug-likeness (QED) is 0.482. The third kappa shape index (κ3) is 4.15. The predicted octanol–water partition coefficient (Wildman–Crippen LogP) is 2.69. The van der Waals surface area contributed by atoms with Gasteiger partial charge in [0.05, 0.1) is 17.2 Å². The lowest BCUT2D eigenvalue weighted by molar-refractivity contribution is -0.385. The normalized spacial score (nSPS) is 10.3. The Labute approximate surface area is 145 Å². The Morgan fingerprint density at radius 1 is 1.12 bits per heavy atom. The number of nitro benzene ring substituents is 1. The van der Waals surface area contributed by atoms with E-state index < -0.39 is 46.4 Å². The fourth-order valence-corrected chi connectivity index (χ4v) is 2.08. The Bertz CT molecular complexity index is 903. The summed E-state index contributed by atoms with van der Waals surface area (Å²) in [7, 11) is 0. The Balaban J connectivity index is 1.99. The van der Waals surface area contributed by atoms with Crippen LogP contribution in [0.15, 0.2) is 30.3 Å². The van der Waals surface area contributed by atoms with Crippen molar-refractivity contribution in [2.45, 2.75) is 6.92 Å². The average molecular weight is 367 g/mol. The van der Waals surface area contributed by atoms with Gasteiger partial charge in [-0.1, -0.05) is 0 Å². The van der Waals surface area contributed by atoms with E-state index in [9.17, 15) is 32.9 Å². The maximum atomic E-state index is 13.5. The number of amides is 2. The molecule has 0 saturated carbocycles. The predicted molar refractivity (Wildman–Crippen MR) is 85.1 cm³/mol. The summed E-state index contributed by atoms with van der Waals surface area (Å²) in [5.41, 5.74) is -0.390. The molecule has 0 atom stereocenters. The Hall–Kier alpha value is -3.43. The zero-order chi connectivity index (χ0) is 19.4. The van der Waals surface area contributed by atoms with Crippen LogP contribution in [0.25, 0.3) is 0 Å². The van der Waals surface area contributed by atoms with Crippen molar-refractivity contribution in [3.05, 3.63) is 69.0 Å². The van der Waals surface area contributed by atoms with E-state index in [0.717, 1.165) is 12.1 Å². The number of carbonyl (C=O) groups excluding carboxylic acids is 2. The highest BCUT2D eigenvalue weighted by atomic mass is 19.2. The second-order valence-electron chi connectivity index (χ2n) is 5.21. The highest BCUT2D eigenvalue weighted by Crippen LogP contribution is 2.20. The number of halogens is 3. The third-order valence-electron chi connectivity index (χ3n) is 3.37. The number of nitrogens with zero attached hydrogens (tertiary/aromatic N) is 1. The van der Waals surface area contributed by atoms with E-state index >= 15 is 0 Å². The number of anilines is 1. The third-order valence-corrected chi connectivity index (χ3v) is 3.37. The number of nitrogens with one attached hydrogen (secondary N) is 2. The topological polar surface area (TPSA) is 101 Å². The van der Waals surface area contributed by atoms with Gasteiger partial charge in [-0.05, 0) is 31.2 Å². The largest absolute Gasteiger partial charge is 0.343 e. The summed E-state index contributed by atoms with van der Waals surface area (Å²) in [5.74, 6) is -6.25. The monoisotopic (exact) mass is 367 g/mol. The van der Waals surface area contributed by atoms with Gasteiger partial charge in [0, 0.05) is 17.2 Å². The summed E-state index contributed by atoms with van der Waals surface area (Å²) in [4.78, 5) is 33.8. The molecule has 136 valence electrons. The summed E-state index contributed by atoms with van der Waals surface area (Å²) < 4.78 is 39.4. The van der Waals surface area contributed by atoms with Crippen LogP contribution < -0.4 is 10.6 Å². The molecule has 0 aliphatic carbocycles. The van der Waals surface area contributed by atoms with Gasteiger partial charge in [0.1, 0.15) is 0 Å². The first-order valence-corrected chi connectivity index (χ1v) is 7.17. The molecule has 2 rings (SSSR count). The van der Waals surface area contributed by atoms with Crippen molar-refractivity contribution in [2.75, 3.05) is 11.9 Å². The van der Waals surface area contributed by atoms with Crippen molar-refractivity contribution >= 4 is 23.2 Å². The van der Waals surface area contributed by atoms with Crippen molar-refractivity contribution in [1.82, 2.24) is 5.32 Å². The Morgan fingerprint density at radius 3 is 2.42 bits per heavy atom.